The van der Waals surface area contributed by atoms with Crippen molar-refractivity contribution in [1.82, 2.24) is 0 Å². The summed E-state index contributed by atoms with van der Waals surface area (Å²) in [5, 5.41) is 0.658. The van der Waals surface area contributed by atoms with Crippen LogP contribution in [0.25, 0.3) is 0 Å². The lowest BCUT2D eigenvalue weighted by molar-refractivity contribution is 0.276. The van der Waals surface area contributed by atoms with Crippen molar-refractivity contribution in [3.05, 3.63) is 93.8 Å². The van der Waals surface area contributed by atoms with Crippen LogP contribution in [-0.4, -0.2) is 25.7 Å². The van der Waals surface area contributed by atoms with Crippen molar-refractivity contribution in [2.24, 2.45) is 15.9 Å². The fourth-order valence-corrected chi connectivity index (χ4v) is 4.03. The van der Waals surface area contributed by atoms with Gasteiger partial charge in [-0.05, 0) is 43.1 Å². The Hall–Kier alpha value is -2.65. The standard InChI is InChI=1S/C25H27ClN2O/c1-5-18-19-12-8-6-9-13-20(19)23(28-17(2)27-3)16-22(18)21-14-10-7-11-15-24(29-4)25(21)26/h5-10,12-14,16,19H,11,15H2,1-4H3/b10-7-,18-5-,21-14-,25-24-,27-17-,28-23+. The van der Waals surface area contributed by atoms with Crippen LogP contribution >= 0.6 is 11.6 Å². The summed E-state index contributed by atoms with van der Waals surface area (Å²) in [6.07, 6.45) is 22.8. The lowest BCUT2D eigenvalue weighted by Crippen LogP contribution is -2.21. The van der Waals surface area contributed by atoms with Gasteiger partial charge in [0, 0.05) is 25.0 Å². The monoisotopic (exact) mass is 406 g/mol. The topological polar surface area (TPSA) is 34.0 Å². The third-order valence-corrected chi connectivity index (χ3v) is 5.65. The Labute approximate surface area is 178 Å². The first kappa shape index (κ1) is 21.1. The highest BCUT2D eigenvalue weighted by Gasteiger charge is 2.30. The largest absolute Gasteiger partial charge is 0.500 e. The number of methoxy groups -OCH3 is 1. The summed E-state index contributed by atoms with van der Waals surface area (Å²) in [4.78, 5) is 9.02. The second-order valence-corrected chi connectivity index (χ2v) is 7.31. The van der Waals surface area contributed by atoms with E-state index in [1.807, 2.05) is 13.0 Å². The average molecular weight is 407 g/mol. The summed E-state index contributed by atoms with van der Waals surface area (Å²) in [5.74, 6) is 1.65. The van der Waals surface area contributed by atoms with Gasteiger partial charge in [0.25, 0.3) is 0 Å². The van der Waals surface area contributed by atoms with Crippen LogP contribution in [0.15, 0.2) is 104 Å². The number of hydrogen-bond donors (Lipinski definition) is 0. The van der Waals surface area contributed by atoms with E-state index in [0.717, 1.165) is 46.9 Å². The number of amidine groups is 1. The SMILES string of the molecule is C/C=C1C(C2=C/C=C\CC/C(OC)=C\2Cl)=C/C(=N\C(C)=N/C)C2=CC=CC=CC2\1. The number of fused-ring (bicyclic) bond motifs is 1. The molecule has 0 heterocycles. The van der Waals surface area contributed by atoms with Crippen LogP contribution < -0.4 is 0 Å². The van der Waals surface area contributed by atoms with Crippen molar-refractivity contribution in [3.8, 4) is 0 Å². The molecule has 0 aliphatic heterocycles. The van der Waals surface area contributed by atoms with E-state index in [4.69, 9.17) is 21.3 Å². The fourth-order valence-electron chi connectivity index (χ4n) is 3.69. The van der Waals surface area contributed by atoms with Crippen LogP contribution in [0.4, 0.5) is 0 Å². The highest BCUT2D eigenvalue weighted by atomic mass is 35.5. The van der Waals surface area contributed by atoms with Crippen LogP contribution in [0.2, 0.25) is 0 Å². The highest BCUT2D eigenvalue weighted by molar-refractivity contribution is 6.33. The molecule has 0 saturated carbocycles. The summed E-state index contributed by atoms with van der Waals surface area (Å²) in [6.45, 7) is 3.99. The Morgan fingerprint density at radius 3 is 2.72 bits per heavy atom. The van der Waals surface area contributed by atoms with Gasteiger partial charge in [0.15, 0.2) is 0 Å². The third-order valence-electron chi connectivity index (χ3n) is 5.23. The van der Waals surface area contributed by atoms with Crippen LogP contribution in [0, 0.1) is 5.92 Å². The molecule has 0 amide bonds. The number of halogens is 1. The van der Waals surface area contributed by atoms with E-state index in [0.29, 0.717) is 5.03 Å². The Morgan fingerprint density at radius 2 is 2.00 bits per heavy atom. The summed E-state index contributed by atoms with van der Waals surface area (Å²) in [6, 6.07) is 0. The quantitative estimate of drug-likeness (QED) is 0.385. The average Bonchev–Trinajstić information content (AvgIpc) is 2.97. The first-order valence-electron chi connectivity index (χ1n) is 9.86. The Balaban J connectivity index is 2.27. The zero-order chi connectivity index (χ0) is 20.8. The first-order valence-corrected chi connectivity index (χ1v) is 10.2. The number of nitrogens with zero attached hydrogens (tertiary/aromatic N) is 2. The molecule has 0 aromatic rings. The molecule has 3 rings (SSSR count). The van der Waals surface area contributed by atoms with Gasteiger partial charge >= 0.3 is 0 Å². The first-order chi connectivity index (χ1) is 14.1. The van der Waals surface area contributed by atoms with Gasteiger partial charge in [0.2, 0.25) is 0 Å². The minimum atomic E-state index is 0.101. The summed E-state index contributed by atoms with van der Waals surface area (Å²) < 4.78 is 5.61. The molecule has 0 saturated heterocycles. The maximum Gasteiger partial charge on any atom is 0.120 e. The molecule has 0 fully saturated rings. The van der Waals surface area contributed by atoms with Gasteiger partial charge in [0.05, 0.1) is 17.9 Å². The molecule has 0 spiro atoms. The molecule has 0 aromatic carbocycles. The maximum atomic E-state index is 6.85. The van der Waals surface area contributed by atoms with Crippen molar-refractivity contribution in [2.45, 2.75) is 26.7 Å². The van der Waals surface area contributed by atoms with Gasteiger partial charge in [-0.2, -0.15) is 0 Å². The van der Waals surface area contributed by atoms with Crippen molar-refractivity contribution >= 4 is 23.1 Å². The molecule has 0 aromatic heterocycles. The fraction of sp³-hybridized carbons (Fsp3) is 0.280. The zero-order valence-corrected chi connectivity index (χ0v) is 18.2. The molecule has 3 nitrogen and oxygen atoms in total. The van der Waals surface area contributed by atoms with E-state index in [-0.39, 0.29) is 5.92 Å². The molecule has 3 aliphatic carbocycles. The lowest BCUT2D eigenvalue weighted by atomic mass is 9.75. The number of rotatable bonds is 2. The normalized spacial score (nSPS) is 30.6. The molecule has 4 heteroatoms. The van der Waals surface area contributed by atoms with E-state index < -0.39 is 0 Å². The predicted molar refractivity (Wildman–Crippen MR) is 125 cm³/mol. The van der Waals surface area contributed by atoms with E-state index in [1.165, 1.54) is 5.57 Å². The van der Waals surface area contributed by atoms with E-state index in [9.17, 15) is 0 Å². The summed E-state index contributed by atoms with van der Waals surface area (Å²) >= 11 is 6.85. The molecule has 1 unspecified atom stereocenters. The molecule has 0 N–H and O–H groups in total. The third kappa shape index (κ3) is 4.51. The van der Waals surface area contributed by atoms with Gasteiger partial charge in [-0.15, -0.1) is 0 Å². The smallest absolute Gasteiger partial charge is 0.120 e. The Bertz CT molecular complexity index is 978. The molecule has 3 aliphatic rings. The van der Waals surface area contributed by atoms with Gasteiger partial charge in [-0.1, -0.05) is 66.3 Å². The van der Waals surface area contributed by atoms with Crippen LogP contribution in [0.3, 0.4) is 0 Å². The number of allylic oxidation sites excluding steroid dienone is 16. The van der Waals surface area contributed by atoms with Crippen molar-refractivity contribution in [3.63, 3.8) is 0 Å². The van der Waals surface area contributed by atoms with Crippen molar-refractivity contribution in [2.75, 3.05) is 14.2 Å². The molecule has 0 bridgehead atoms. The molecule has 150 valence electrons. The van der Waals surface area contributed by atoms with E-state index >= 15 is 0 Å². The summed E-state index contributed by atoms with van der Waals surface area (Å²) in [7, 11) is 3.44. The molecule has 1 atom stereocenters. The zero-order valence-electron chi connectivity index (χ0n) is 17.4. The Kier molecular flexibility index (Phi) is 7.05. The van der Waals surface area contributed by atoms with Crippen molar-refractivity contribution in [1.29, 1.82) is 0 Å². The maximum absolute atomic E-state index is 6.85. The number of hydrogen-bond acceptors (Lipinski definition) is 2. The van der Waals surface area contributed by atoms with E-state index in [1.54, 1.807) is 14.2 Å². The van der Waals surface area contributed by atoms with Crippen LogP contribution in [0.5, 0.6) is 0 Å². The summed E-state index contributed by atoms with van der Waals surface area (Å²) in [5.41, 5.74) is 5.29. The van der Waals surface area contributed by atoms with Crippen LogP contribution in [0.1, 0.15) is 26.7 Å². The second kappa shape index (κ2) is 9.71. The lowest BCUT2D eigenvalue weighted by Gasteiger charge is -2.29. The minimum Gasteiger partial charge on any atom is -0.500 e. The van der Waals surface area contributed by atoms with Gasteiger partial charge in [-0.3, -0.25) is 4.99 Å². The predicted octanol–water partition coefficient (Wildman–Crippen LogP) is 6.40. The minimum absolute atomic E-state index is 0.101. The molecule has 0 radical (unpaired) electrons. The molecular formula is C25H27ClN2O. The van der Waals surface area contributed by atoms with Gasteiger partial charge in [0.1, 0.15) is 11.6 Å². The van der Waals surface area contributed by atoms with Gasteiger partial charge < -0.3 is 4.74 Å². The Morgan fingerprint density at radius 1 is 1.17 bits per heavy atom. The molecule has 29 heavy (non-hydrogen) atoms. The highest BCUT2D eigenvalue weighted by Crippen LogP contribution is 2.42. The van der Waals surface area contributed by atoms with Gasteiger partial charge in [-0.25, -0.2) is 4.99 Å². The van der Waals surface area contributed by atoms with Crippen LogP contribution in [-0.2, 0) is 4.74 Å². The number of ether oxygens (including phenoxy) is 1. The van der Waals surface area contributed by atoms with Crippen molar-refractivity contribution < 1.29 is 4.74 Å². The molecular weight excluding hydrogens is 380 g/mol. The van der Waals surface area contributed by atoms with E-state index in [2.05, 4.69) is 66.6 Å². The second-order valence-electron chi connectivity index (χ2n) is 6.93. The number of aliphatic imine (C=N–C) groups is 2.